The van der Waals surface area contributed by atoms with E-state index in [1.54, 1.807) is 11.3 Å². The minimum Gasteiger partial charge on any atom is -0.490 e. The summed E-state index contributed by atoms with van der Waals surface area (Å²) in [7, 11) is 0. The van der Waals surface area contributed by atoms with Gasteiger partial charge in [-0.05, 0) is 24.1 Å². The topological polar surface area (TPSA) is 54.9 Å². The van der Waals surface area contributed by atoms with Gasteiger partial charge >= 0.3 is 0 Å². The monoisotopic (exact) mass is 443 g/mol. The number of nitrogens with zero attached hydrogens (tertiary/aromatic N) is 3. The van der Waals surface area contributed by atoms with Crippen molar-refractivity contribution in [2.75, 3.05) is 39.4 Å². The number of carbonyl (C=O) groups excluding carboxylic acids is 1. The lowest BCUT2D eigenvalue weighted by Crippen LogP contribution is -2.48. The smallest absolute Gasteiger partial charge is 0.222 e. The zero-order valence-corrected chi connectivity index (χ0v) is 19.7. The molecular formula is C24H33N3O3S. The first kappa shape index (κ1) is 22.1. The zero-order chi connectivity index (χ0) is 21.8. The number of thiazole rings is 1. The van der Waals surface area contributed by atoms with E-state index in [1.165, 1.54) is 5.01 Å². The lowest BCUT2D eigenvalue weighted by Gasteiger charge is -2.34. The summed E-state index contributed by atoms with van der Waals surface area (Å²) < 4.78 is 11.4. The van der Waals surface area contributed by atoms with Gasteiger partial charge in [-0.1, -0.05) is 26.8 Å². The van der Waals surface area contributed by atoms with E-state index in [4.69, 9.17) is 14.5 Å². The quantitative estimate of drug-likeness (QED) is 0.702. The van der Waals surface area contributed by atoms with Crippen LogP contribution in [0.5, 0.6) is 11.5 Å². The van der Waals surface area contributed by atoms with Crippen LogP contribution in [-0.2, 0) is 23.2 Å². The van der Waals surface area contributed by atoms with Crippen molar-refractivity contribution in [2.45, 2.75) is 52.0 Å². The summed E-state index contributed by atoms with van der Waals surface area (Å²) in [5.74, 6) is 1.83. The molecule has 4 rings (SSSR count). The van der Waals surface area contributed by atoms with E-state index in [0.717, 1.165) is 68.3 Å². The van der Waals surface area contributed by atoms with Gasteiger partial charge in [0.15, 0.2) is 11.5 Å². The summed E-state index contributed by atoms with van der Waals surface area (Å²) in [4.78, 5) is 21.9. The van der Waals surface area contributed by atoms with Crippen LogP contribution in [0.4, 0.5) is 0 Å². The maximum Gasteiger partial charge on any atom is 0.222 e. The number of rotatable bonds is 5. The average molecular weight is 444 g/mol. The van der Waals surface area contributed by atoms with Crippen LogP contribution in [0.3, 0.4) is 0 Å². The molecule has 3 heterocycles. The Morgan fingerprint density at radius 1 is 1.10 bits per heavy atom. The predicted octanol–water partition coefficient (Wildman–Crippen LogP) is 3.88. The molecule has 168 valence electrons. The lowest BCUT2D eigenvalue weighted by atomic mass is 9.98. The summed E-state index contributed by atoms with van der Waals surface area (Å²) in [5.41, 5.74) is 2.36. The number of aryl methyl sites for hydroxylation is 1. The van der Waals surface area contributed by atoms with Crippen molar-refractivity contribution in [3.05, 3.63) is 39.8 Å². The van der Waals surface area contributed by atoms with Gasteiger partial charge in [0.05, 0.1) is 23.9 Å². The normalized spacial score (nSPS) is 17.5. The zero-order valence-electron chi connectivity index (χ0n) is 18.9. The Morgan fingerprint density at radius 2 is 1.84 bits per heavy atom. The minimum absolute atomic E-state index is 0.102. The predicted molar refractivity (Wildman–Crippen MR) is 123 cm³/mol. The Hall–Kier alpha value is -2.12. The lowest BCUT2D eigenvalue weighted by molar-refractivity contribution is -0.133. The van der Waals surface area contributed by atoms with Crippen molar-refractivity contribution in [3.8, 4) is 11.5 Å². The molecule has 0 unspecified atom stereocenters. The van der Waals surface area contributed by atoms with E-state index in [-0.39, 0.29) is 11.3 Å². The first-order valence-electron chi connectivity index (χ1n) is 11.2. The highest BCUT2D eigenvalue weighted by molar-refractivity contribution is 7.09. The molecule has 1 fully saturated rings. The molecule has 0 atom stereocenters. The van der Waals surface area contributed by atoms with Crippen molar-refractivity contribution in [3.63, 3.8) is 0 Å². The number of aromatic nitrogens is 1. The molecule has 0 aliphatic carbocycles. The van der Waals surface area contributed by atoms with Crippen LogP contribution in [0.1, 0.15) is 49.9 Å². The van der Waals surface area contributed by atoms with E-state index in [9.17, 15) is 4.79 Å². The van der Waals surface area contributed by atoms with Crippen molar-refractivity contribution < 1.29 is 14.3 Å². The number of piperazine rings is 1. The Bertz CT molecular complexity index is 898. The van der Waals surface area contributed by atoms with Crippen molar-refractivity contribution >= 4 is 17.2 Å². The van der Waals surface area contributed by atoms with Crippen LogP contribution in [-0.4, -0.2) is 60.1 Å². The van der Waals surface area contributed by atoms with E-state index in [1.807, 2.05) is 23.1 Å². The van der Waals surface area contributed by atoms with Crippen LogP contribution < -0.4 is 9.47 Å². The summed E-state index contributed by atoms with van der Waals surface area (Å²) in [6, 6.07) is 6.02. The molecule has 2 aliphatic rings. The second-order valence-corrected chi connectivity index (χ2v) is 10.2. The SMILES string of the molecule is CC(C)(C)c1nc(CN2CCN(C(=O)CCc3ccc4c(c3)OCCCO4)CC2)cs1. The summed E-state index contributed by atoms with van der Waals surface area (Å²) in [6.07, 6.45) is 2.15. The molecule has 0 bridgehead atoms. The maximum absolute atomic E-state index is 12.7. The Kier molecular flexibility index (Phi) is 6.82. The highest BCUT2D eigenvalue weighted by atomic mass is 32.1. The van der Waals surface area contributed by atoms with Gasteiger partial charge in [0, 0.05) is 56.4 Å². The molecule has 0 radical (unpaired) electrons. The fourth-order valence-electron chi connectivity index (χ4n) is 3.88. The van der Waals surface area contributed by atoms with Crippen molar-refractivity contribution in [1.82, 2.24) is 14.8 Å². The number of benzene rings is 1. The Balaban J connectivity index is 1.23. The third-order valence-electron chi connectivity index (χ3n) is 5.74. The van der Waals surface area contributed by atoms with Gasteiger partial charge in [0.1, 0.15) is 0 Å². The molecule has 2 aliphatic heterocycles. The molecule has 1 aromatic carbocycles. The molecule has 31 heavy (non-hydrogen) atoms. The molecule has 1 aromatic heterocycles. The fraction of sp³-hybridized carbons (Fsp3) is 0.583. The third-order valence-corrected chi connectivity index (χ3v) is 7.06. The molecule has 0 N–H and O–H groups in total. The van der Waals surface area contributed by atoms with Gasteiger partial charge in [-0.25, -0.2) is 4.98 Å². The standard InChI is InChI=1S/C24H33N3O3S/c1-24(2,3)23-25-19(17-31-23)16-26-9-11-27(12-10-26)22(28)8-6-18-5-7-20-21(15-18)30-14-4-13-29-20/h5,7,15,17H,4,6,8-14,16H2,1-3H3. The molecule has 0 spiro atoms. The first-order valence-corrected chi connectivity index (χ1v) is 12.1. The number of carbonyl (C=O) groups is 1. The van der Waals surface area contributed by atoms with Gasteiger partial charge in [0.25, 0.3) is 0 Å². The number of hydrogen-bond acceptors (Lipinski definition) is 6. The largest absolute Gasteiger partial charge is 0.490 e. The van der Waals surface area contributed by atoms with E-state index in [0.29, 0.717) is 19.6 Å². The highest BCUT2D eigenvalue weighted by Crippen LogP contribution is 2.31. The molecule has 6 nitrogen and oxygen atoms in total. The highest BCUT2D eigenvalue weighted by Gasteiger charge is 2.23. The third kappa shape index (κ3) is 5.77. The first-order chi connectivity index (χ1) is 14.9. The number of fused-ring (bicyclic) bond motifs is 1. The number of amides is 1. The Morgan fingerprint density at radius 3 is 2.55 bits per heavy atom. The van der Waals surface area contributed by atoms with E-state index >= 15 is 0 Å². The number of ether oxygens (including phenoxy) is 2. The summed E-state index contributed by atoms with van der Waals surface area (Å²) in [5, 5.41) is 3.36. The van der Waals surface area contributed by atoms with Gasteiger partial charge in [-0.2, -0.15) is 0 Å². The van der Waals surface area contributed by atoms with Crippen LogP contribution >= 0.6 is 11.3 Å². The molecule has 1 saturated heterocycles. The minimum atomic E-state index is 0.102. The van der Waals surface area contributed by atoms with Gasteiger partial charge < -0.3 is 14.4 Å². The van der Waals surface area contributed by atoms with Gasteiger partial charge in [-0.3, -0.25) is 9.69 Å². The fourth-order valence-corrected chi connectivity index (χ4v) is 4.78. The molecule has 2 aromatic rings. The Labute approximate surface area is 189 Å². The number of hydrogen-bond donors (Lipinski definition) is 0. The van der Waals surface area contributed by atoms with Crippen LogP contribution in [0.15, 0.2) is 23.6 Å². The molecular weight excluding hydrogens is 410 g/mol. The molecule has 1 amide bonds. The molecule has 7 heteroatoms. The summed E-state index contributed by atoms with van der Waals surface area (Å²) >= 11 is 1.75. The van der Waals surface area contributed by atoms with E-state index < -0.39 is 0 Å². The van der Waals surface area contributed by atoms with Gasteiger partial charge in [0.2, 0.25) is 5.91 Å². The van der Waals surface area contributed by atoms with Crippen molar-refractivity contribution in [1.29, 1.82) is 0 Å². The van der Waals surface area contributed by atoms with Crippen LogP contribution in [0.2, 0.25) is 0 Å². The van der Waals surface area contributed by atoms with Crippen LogP contribution in [0.25, 0.3) is 0 Å². The van der Waals surface area contributed by atoms with Gasteiger partial charge in [-0.15, -0.1) is 11.3 Å². The molecule has 0 saturated carbocycles. The summed E-state index contributed by atoms with van der Waals surface area (Å²) in [6.45, 7) is 12.2. The maximum atomic E-state index is 12.7. The van der Waals surface area contributed by atoms with Crippen LogP contribution in [0, 0.1) is 0 Å². The van der Waals surface area contributed by atoms with E-state index in [2.05, 4.69) is 31.1 Å². The second kappa shape index (κ2) is 9.57. The average Bonchev–Trinajstić information content (AvgIpc) is 3.10. The van der Waals surface area contributed by atoms with Crippen molar-refractivity contribution in [2.24, 2.45) is 0 Å². The second-order valence-electron chi connectivity index (χ2n) is 9.38.